The van der Waals surface area contributed by atoms with Crippen LogP contribution in [-0.2, 0) is 9.53 Å². The van der Waals surface area contributed by atoms with Crippen LogP contribution in [0.2, 0.25) is 0 Å². The summed E-state index contributed by atoms with van der Waals surface area (Å²) in [4.78, 5) is 13.9. The van der Waals surface area contributed by atoms with E-state index < -0.39 is 0 Å². The molecule has 2 unspecified atom stereocenters. The number of carbonyl (C=O) groups excluding carboxylic acids is 1. The van der Waals surface area contributed by atoms with Crippen molar-refractivity contribution in [2.75, 3.05) is 20.3 Å². The van der Waals surface area contributed by atoms with Crippen molar-refractivity contribution in [2.45, 2.75) is 45.3 Å². The number of hydrogen-bond donors (Lipinski definition) is 1. The fourth-order valence-electron chi connectivity index (χ4n) is 2.52. The molecule has 2 fully saturated rings. The molecule has 1 aliphatic heterocycles. The van der Waals surface area contributed by atoms with Gasteiger partial charge in [0.25, 0.3) is 0 Å². The van der Waals surface area contributed by atoms with E-state index >= 15 is 0 Å². The summed E-state index contributed by atoms with van der Waals surface area (Å²) in [5, 5.41) is 3.27. The third-order valence-electron chi connectivity index (χ3n) is 3.91. The van der Waals surface area contributed by atoms with Gasteiger partial charge in [-0.25, -0.2) is 0 Å². The van der Waals surface area contributed by atoms with E-state index in [1.807, 2.05) is 11.8 Å². The largest absolute Gasteiger partial charge is 0.385 e. The molecule has 0 aromatic carbocycles. The van der Waals surface area contributed by atoms with Crippen molar-refractivity contribution in [1.29, 1.82) is 0 Å². The highest BCUT2D eigenvalue weighted by molar-refractivity contribution is 5.83. The normalized spacial score (nSPS) is 32.2. The minimum Gasteiger partial charge on any atom is -0.385 e. The van der Waals surface area contributed by atoms with E-state index in [2.05, 4.69) is 12.2 Å². The van der Waals surface area contributed by atoms with Gasteiger partial charge in [-0.05, 0) is 38.5 Å². The molecule has 0 radical (unpaired) electrons. The number of rotatable bonds is 5. The van der Waals surface area contributed by atoms with Crippen molar-refractivity contribution >= 4 is 5.91 Å². The predicted molar refractivity (Wildman–Crippen MR) is 61.9 cm³/mol. The highest BCUT2D eigenvalue weighted by Gasteiger charge is 2.47. The molecule has 92 valence electrons. The summed E-state index contributed by atoms with van der Waals surface area (Å²) >= 11 is 0. The van der Waals surface area contributed by atoms with E-state index in [4.69, 9.17) is 4.74 Å². The first-order chi connectivity index (χ1) is 7.58. The van der Waals surface area contributed by atoms with Gasteiger partial charge in [-0.1, -0.05) is 0 Å². The molecule has 1 N–H and O–H groups in total. The minimum atomic E-state index is -0.0202. The van der Waals surface area contributed by atoms with Crippen molar-refractivity contribution in [2.24, 2.45) is 5.41 Å². The Bertz CT molecular complexity index is 276. The SMILES string of the molecule is COCCC1(CN2C(=O)C(C)NC2C)CC1. The van der Waals surface area contributed by atoms with E-state index in [1.54, 1.807) is 7.11 Å². The molecule has 2 atom stereocenters. The number of methoxy groups -OCH3 is 1. The molecule has 16 heavy (non-hydrogen) atoms. The zero-order valence-electron chi connectivity index (χ0n) is 10.5. The minimum absolute atomic E-state index is 0.0202. The van der Waals surface area contributed by atoms with Crippen LogP contribution in [0.3, 0.4) is 0 Å². The summed E-state index contributed by atoms with van der Waals surface area (Å²) in [5.74, 6) is 0.246. The van der Waals surface area contributed by atoms with Gasteiger partial charge >= 0.3 is 0 Å². The molecule has 0 aromatic rings. The van der Waals surface area contributed by atoms with Crippen LogP contribution >= 0.6 is 0 Å². The third kappa shape index (κ3) is 2.23. The molecule has 4 nitrogen and oxygen atoms in total. The molecule has 1 amide bonds. The van der Waals surface area contributed by atoms with Crippen LogP contribution in [0, 0.1) is 5.41 Å². The molecule has 0 spiro atoms. The standard InChI is InChI=1S/C12H22N2O2/c1-9-11(15)14(10(2)13-9)8-12(4-5-12)6-7-16-3/h9-10,13H,4-8H2,1-3H3. The van der Waals surface area contributed by atoms with Crippen LogP contribution < -0.4 is 5.32 Å². The second kappa shape index (κ2) is 4.34. The molecule has 1 saturated carbocycles. The molecule has 4 heteroatoms. The van der Waals surface area contributed by atoms with Crippen molar-refractivity contribution in [3.63, 3.8) is 0 Å². The smallest absolute Gasteiger partial charge is 0.240 e. The summed E-state index contributed by atoms with van der Waals surface area (Å²) < 4.78 is 5.14. The third-order valence-corrected chi connectivity index (χ3v) is 3.91. The topological polar surface area (TPSA) is 41.6 Å². The highest BCUT2D eigenvalue weighted by atomic mass is 16.5. The average molecular weight is 226 g/mol. The molecule has 2 rings (SSSR count). The molecule has 1 aliphatic carbocycles. The quantitative estimate of drug-likeness (QED) is 0.759. The number of carbonyl (C=O) groups is 1. The number of amides is 1. The van der Waals surface area contributed by atoms with Crippen molar-refractivity contribution in [1.82, 2.24) is 10.2 Å². The first-order valence-electron chi connectivity index (χ1n) is 6.13. The lowest BCUT2D eigenvalue weighted by atomic mass is 10.0. The summed E-state index contributed by atoms with van der Waals surface area (Å²) in [7, 11) is 1.74. The first-order valence-corrected chi connectivity index (χ1v) is 6.13. The van der Waals surface area contributed by atoms with Crippen LogP contribution in [-0.4, -0.2) is 43.3 Å². The van der Waals surface area contributed by atoms with Crippen LogP contribution in [0.25, 0.3) is 0 Å². The number of nitrogens with one attached hydrogen (secondary N) is 1. The van der Waals surface area contributed by atoms with E-state index in [0.717, 1.165) is 19.6 Å². The maximum absolute atomic E-state index is 11.9. The maximum atomic E-state index is 11.9. The number of hydrogen-bond acceptors (Lipinski definition) is 3. The summed E-state index contributed by atoms with van der Waals surface area (Å²) in [6.07, 6.45) is 3.74. The lowest BCUT2D eigenvalue weighted by Gasteiger charge is -2.26. The van der Waals surface area contributed by atoms with Crippen LogP contribution in [0.5, 0.6) is 0 Å². The molecule has 0 bridgehead atoms. The molecular formula is C12H22N2O2. The Morgan fingerprint density at radius 3 is 2.62 bits per heavy atom. The second-order valence-corrected chi connectivity index (χ2v) is 5.27. The molecular weight excluding hydrogens is 204 g/mol. The van der Waals surface area contributed by atoms with Gasteiger partial charge in [-0.2, -0.15) is 0 Å². The Morgan fingerprint density at radius 1 is 1.50 bits per heavy atom. The van der Waals surface area contributed by atoms with Crippen LogP contribution in [0.15, 0.2) is 0 Å². The van der Waals surface area contributed by atoms with Gasteiger partial charge in [0, 0.05) is 20.3 Å². The summed E-state index contributed by atoms with van der Waals surface area (Å²) in [5.41, 5.74) is 0.353. The van der Waals surface area contributed by atoms with Crippen molar-refractivity contribution in [3.8, 4) is 0 Å². The maximum Gasteiger partial charge on any atom is 0.240 e. The summed E-state index contributed by atoms with van der Waals surface area (Å²) in [6, 6.07) is -0.0202. The summed E-state index contributed by atoms with van der Waals surface area (Å²) in [6.45, 7) is 5.70. The van der Waals surface area contributed by atoms with Crippen molar-refractivity contribution in [3.05, 3.63) is 0 Å². The van der Waals surface area contributed by atoms with Crippen LogP contribution in [0.4, 0.5) is 0 Å². The fourth-order valence-corrected chi connectivity index (χ4v) is 2.52. The number of ether oxygens (including phenoxy) is 1. The Kier molecular flexibility index (Phi) is 3.22. The van der Waals surface area contributed by atoms with Crippen molar-refractivity contribution < 1.29 is 9.53 Å². The van der Waals surface area contributed by atoms with Gasteiger partial charge in [-0.15, -0.1) is 0 Å². The molecule has 2 aliphatic rings. The fraction of sp³-hybridized carbons (Fsp3) is 0.917. The number of nitrogens with zero attached hydrogens (tertiary/aromatic N) is 1. The zero-order valence-corrected chi connectivity index (χ0v) is 10.5. The van der Waals surface area contributed by atoms with Gasteiger partial charge in [0.2, 0.25) is 5.91 Å². The Morgan fingerprint density at radius 2 is 2.19 bits per heavy atom. The molecule has 0 aromatic heterocycles. The highest BCUT2D eigenvalue weighted by Crippen LogP contribution is 2.49. The van der Waals surface area contributed by atoms with E-state index in [0.29, 0.717) is 5.41 Å². The molecule has 1 saturated heterocycles. The Hall–Kier alpha value is -0.610. The van der Waals surface area contributed by atoms with E-state index in [9.17, 15) is 4.79 Å². The van der Waals surface area contributed by atoms with Gasteiger partial charge in [0.05, 0.1) is 12.2 Å². The average Bonchev–Trinajstić information content (AvgIpc) is 2.97. The Balaban J connectivity index is 1.91. The predicted octanol–water partition coefficient (Wildman–Crippen LogP) is 0.969. The van der Waals surface area contributed by atoms with E-state index in [1.165, 1.54) is 12.8 Å². The van der Waals surface area contributed by atoms with Crippen LogP contribution in [0.1, 0.15) is 33.1 Å². The van der Waals surface area contributed by atoms with Gasteiger partial charge in [0.1, 0.15) is 0 Å². The second-order valence-electron chi connectivity index (χ2n) is 5.27. The van der Waals surface area contributed by atoms with E-state index in [-0.39, 0.29) is 18.1 Å². The first kappa shape index (κ1) is 11.9. The lowest BCUT2D eigenvalue weighted by Crippen LogP contribution is -2.39. The van der Waals surface area contributed by atoms with Gasteiger partial charge in [-0.3, -0.25) is 10.1 Å². The monoisotopic (exact) mass is 226 g/mol. The lowest BCUT2D eigenvalue weighted by molar-refractivity contribution is -0.130. The van der Waals surface area contributed by atoms with Gasteiger partial charge < -0.3 is 9.64 Å². The van der Waals surface area contributed by atoms with Gasteiger partial charge in [0.15, 0.2) is 0 Å². The Labute approximate surface area is 97.3 Å². The molecule has 1 heterocycles. The zero-order chi connectivity index (χ0) is 11.8.